The molecule has 0 amide bonds. The summed E-state index contributed by atoms with van der Waals surface area (Å²) in [4.78, 5) is 10.1. The van der Waals surface area contributed by atoms with E-state index in [-0.39, 0.29) is 0 Å². The number of halogens is 1. The van der Waals surface area contributed by atoms with E-state index >= 15 is 0 Å². The van der Waals surface area contributed by atoms with Crippen LogP contribution in [-0.4, -0.2) is 8.75 Å². The van der Waals surface area contributed by atoms with Crippen LogP contribution >= 0.6 is 68.7 Å². The van der Waals surface area contributed by atoms with Crippen molar-refractivity contribution in [2.45, 2.75) is 46.0 Å². The number of rotatable bonds is 11. The molecule has 0 aliphatic carbocycles. The highest BCUT2D eigenvalue weighted by atomic mass is 35.5. The van der Waals surface area contributed by atoms with Crippen LogP contribution in [0, 0.1) is 18.3 Å². The fourth-order valence-electron chi connectivity index (χ4n) is 6.37. The fourth-order valence-corrected chi connectivity index (χ4v) is 11.9. The minimum atomic E-state index is 0.678. The number of thiophene rings is 4. The van der Waals surface area contributed by atoms with Crippen LogP contribution in [0.5, 0.6) is 0 Å². The second-order valence-corrected chi connectivity index (χ2v) is 17.8. The van der Waals surface area contributed by atoms with E-state index < -0.39 is 0 Å². The lowest BCUT2D eigenvalue weighted by atomic mass is 10.0. The molecule has 5 aromatic heterocycles. The minimum absolute atomic E-state index is 0.678. The Morgan fingerprint density at radius 3 is 1.80 bits per heavy atom. The van der Waals surface area contributed by atoms with Crippen LogP contribution in [0.4, 0.5) is 0 Å². The first-order chi connectivity index (χ1) is 25.0. The number of nitriles is 1. The van der Waals surface area contributed by atoms with Crippen LogP contribution in [0.15, 0.2) is 97.1 Å². The van der Waals surface area contributed by atoms with Gasteiger partial charge in [0, 0.05) is 55.2 Å². The third-order valence-corrected chi connectivity index (χ3v) is 14.9. The third kappa shape index (κ3) is 7.00. The third-order valence-electron chi connectivity index (χ3n) is 9.06. The summed E-state index contributed by atoms with van der Waals surface area (Å²) in [5.41, 5.74) is 9.91. The van der Waals surface area contributed by atoms with E-state index in [1.165, 1.54) is 93.1 Å². The first kappa shape index (κ1) is 34.2. The molecular formula is C42H32ClN3S5. The van der Waals surface area contributed by atoms with E-state index in [1.54, 1.807) is 11.3 Å². The molecule has 0 spiro atoms. The number of unbranched alkanes of at least 4 members (excludes halogenated alkanes) is 3. The van der Waals surface area contributed by atoms with Crippen molar-refractivity contribution >= 4 is 79.7 Å². The van der Waals surface area contributed by atoms with Gasteiger partial charge in [-0.05, 0) is 103 Å². The molecule has 0 aliphatic rings. The highest BCUT2D eigenvalue weighted by Crippen LogP contribution is 2.48. The summed E-state index contributed by atoms with van der Waals surface area (Å²) in [6.45, 7) is 4.46. The maximum Gasteiger partial charge on any atom is 0.114 e. The second kappa shape index (κ2) is 15.0. The number of fused-ring (bicyclic) bond motifs is 1. The van der Waals surface area contributed by atoms with Crippen LogP contribution < -0.4 is 0 Å². The summed E-state index contributed by atoms with van der Waals surface area (Å²) in [5, 5.41) is 9.94. The van der Waals surface area contributed by atoms with E-state index in [2.05, 4.69) is 80.6 Å². The topological polar surface area (TPSA) is 49.6 Å². The average molecular weight is 775 g/mol. The molecule has 0 atom stereocenters. The van der Waals surface area contributed by atoms with Gasteiger partial charge in [0.05, 0.1) is 23.4 Å². The second-order valence-electron chi connectivity index (χ2n) is 12.5. The molecule has 0 radical (unpaired) electrons. The summed E-state index contributed by atoms with van der Waals surface area (Å²) in [5.74, 6) is 0. The van der Waals surface area contributed by atoms with Crippen LogP contribution in [0.3, 0.4) is 0 Å². The average Bonchev–Trinajstić information content (AvgIpc) is 4.00. The van der Waals surface area contributed by atoms with Gasteiger partial charge in [0.1, 0.15) is 11.0 Å². The number of aryl methyl sites for hydroxylation is 2. The zero-order chi connectivity index (χ0) is 34.9. The molecule has 0 aliphatic heterocycles. The molecule has 0 saturated heterocycles. The molecule has 0 fully saturated rings. The molecule has 8 aromatic rings. The van der Waals surface area contributed by atoms with Gasteiger partial charge in [-0.3, -0.25) is 0 Å². The van der Waals surface area contributed by atoms with E-state index in [9.17, 15) is 5.26 Å². The number of benzene rings is 3. The van der Waals surface area contributed by atoms with E-state index in [1.807, 2.05) is 70.4 Å². The van der Waals surface area contributed by atoms with Gasteiger partial charge in [0.25, 0.3) is 0 Å². The summed E-state index contributed by atoms with van der Waals surface area (Å²) >= 11 is 14.8. The number of hydrogen-bond donors (Lipinski definition) is 0. The van der Waals surface area contributed by atoms with Crippen molar-refractivity contribution in [3.8, 4) is 67.3 Å². The van der Waals surface area contributed by atoms with Crippen molar-refractivity contribution < 1.29 is 0 Å². The van der Waals surface area contributed by atoms with Gasteiger partial charge in [-0.2, -0.15) is 14.0 Å². The zero-order valence-corrected chi connectivity index (χ0v) is 32.9. The molecule has 51 heavy (non-hydrogen) atoms. The van der Waals surface area contributed by atoms with Crippen LogP contribution in [0.1, 0.15) is 49.3 Å². The lowest BCUT2D eigenvalue weighted by molar-refractivity contribution is 0.668. The highest BCUT2D eigenvalue weighted by molar-refractivity contribution is 7.26. The Bertz CT molecular complexity index is 2500. The van der Waals surface area contributed by atoms with Gasteiger partial charge >= 0.3 is 0 Å². The predicted molar refractivity (Wildman–Crippen MR) is 224 cm³/mol. The Hall–Kier alpha value is -3.94. The Balaban J connectivity index is 1.12. The fraction of sp³-hybridized carbons (Fsp3) is 0.167. The van der Waals surface area contributed by atoms with Gasteiger partial charge in [-0.1, -0.05) is 74.2 Å². The molecule has 8 rings (SSSR count). The molecule has 3 aromatic carbocycles. The molecule has 0 unspecified atom stereocenters. The largest absolute Gasteiger partial charge is 0.192 e. The van der Waals surface area contributed by atoms with Crippen molar-refractivity contribution in [3.05, 3.63) is 119 Å². The summed E-state index contributed by atoms with van der Waals surface area (Å²) in [6, 6.07) is 36.3. The molecule has 0 N–H and O–H groups in total. The number of nitrogens with zero attached hydrogens (tertiary/aromatic N) is 3. The van der Waals surface area contributed by atoms with Crippen molar-refractivity contribution in [2.24, 2.45) is 0 Å². The summed E-state index contributed by atoms with van der Waals surface area (Å²) in [7, 11) is 0. The maximum absolute atomic E-state index is 9.19. The summed E-state index contributed by atoms with van der Waals surface area (Å²) < 4.78 is 9.75. The molecule has 5 heterocycles. The standard InChI is InChI=1S/C42H32ClN3S5/c1-3-4-5-6-7-29-23-38(50-42(29)36-21-19-34(48-36)28-12-14-30(43)15-13-28)32-17-16-31(39-40(32)46-51-45-39)37-22-25(2)41(49-37)35-20-18-33(47-35)27-10-8-26(24-44)9-11-27/h8-23H,3-7H2,1-2H3. The van der Waals surface area contributed by atoms with Crippen molar-refractivity contribution in [1.29, 1.82) is 5.26 Å². The van der Waals surface area contributed by atoms with Crippen molar-refractivity contribution in [1.82, 2.24) is 8.75 Å². The van der Waals surface area contributed by atoms with Crippen LogP contribution in [0.25, 0.3) is 72.3 Å². The summed E-state index contributed by atoms with van der Waals surface area (Å²) in [6.07, 6.45) is 6.02. The van der Waals surface area contributed by atoms with Gasteiger partial charge < -0.3 is 0 Å². The molecule has 9 heteroatoms. The van der Waals surface area contributed by atoms with E-state index in [4.69, 9.17) is 20.3 Å². The first-order valence-electron chi connectivity index (χ1n) is 16.9. The van der Waals surface area contributed by atoms with Crippen LogP contribution in [0.2, 0.25) is 5.02 Å². The lowest BCUT2D eigenvalue weighted by Gasteiger charge is -2.03. The molecule has 252 valence electrons. The predicted octanol–water partition coefficient (Wildman–Crippen LogP) is 14.9. The number of aromatic nitrogens is 2. The van der Waals surface area contributed by atoms with Crippen molar-refractivity contribution in [2.75, 3.05) is 0 Å². The Kier molecular flexibility index (Phi) is 10.0. The quantitative estimate of drug-likeness (QED) is 0.123. The van der Waals surface area contributed by atoms with Gasteiger partial charge in [0.2, 0.25) is 0 Å². The minimum Gasteiger partial charge on any atom is -0.192 e. The van der Waals surface area contributed by atoms with Crippen molar-refractivity contribution in [3.63, 3.8) is 0 Å². The van der Waals surface area contributed by atoms with Gasteiger partial charge in [-0.25, -0.2) is 0 Å². The highest BCUT2D eigenvalue weighted by Gasteiger charge is 2.21. The molecule has 0 bridgehead atoms. The lowest BCUT2D eigenvalue weighted by Crippen LogP contribution is -1.85. The SMILES string of the molecule is CCCCCCc1cc(-c2ccc(-c3cc(C)c(-c4ccc(-c5ccc(C#N)cc5)s4)s3)c3nsnc23)sc1-c1ccc(-c2ccc(Cl)cc2)s1. The zero-order valence-electron chi connectivity index (χ0n) is 28.0. The van der Waals surface area contributed by atoms with E-state index in [0.29, 0.717) is 5.56 Å². The maximum atomic E-state index is 9.19. The van der Waals surface area contributed by atoms with E-state index in [0.717, 1.165) is 39.2 Å². The number of hydrogen-bond acceptors (Lipinski definition) is 8. The molecule has 0 saturated carbocycles. The van der Waals surface area contributed by atoms with Crippen LogP contribution in [-0.2, 0) is 6.42 Å². The Morgan fingerprint density at radius 1 is 0.608 bits per heavy atom. The molecular weight excluding hydrogens is 742 g/mol. The van der Waals surface area contributed by atoms with Gasteiger partial charge in [0.15, 0.2) is 0 Å². The Labute approximate surface area is 323 Å². The smallest absolute Gasteiger partial charge is 0.114 e. The normalized spacial score (nSPS) is 11.4. The monoisotopic (exact) mass is 773 g/mol. The Morgan fingerprint density at radius 2 is 1.18 bits per heavy atom. The van der Waals surface area contributed by atoms with Gasteiger partial charge in [-0.15, -0.1) is 45.3 Å². The molecule has 3 nitrogen and oxygen atoms in total. The first-order valence-corrected chi connectivity index (χ1v) is 21.3.